The molecule has 92 heavy (non-hydrogen) atoms. The lowest BCUT2D eigenvalue weighted by Gasteiger charge is -2.33. The summed E-state index contributed by atoms with van der Waals surface area (Å²) < 4.78 is 93.0. The Morgan fingerprint density at radius 3 is 1.41 bits per heavy atom. The minimum Gasteiger partial charge on any atom is -0.378 e. The zero-order valence-corrected chi connectivity index (χ0v) is 58.2. The van der Waals surface area contributed by atoms with Crippen molar-refractivity contribution in [2.24, 2.45) is 5.73 Å². The maximum atomic E-state index is 13.8. The number of unbranched alkanes of at least 4 members (excludes halogenated alkanes) is 7. The number of nitrogens with one attached hydrogen (secondary N) is 3. The van der Waals surface area contributed by atoms with Gasteiger partial charge in [0.05, 0.1) is 89.1 Å². The van der Waals surface area contributed by atoms with Gasteiger partial charge >= 0.3 is 0 Å². The quantitative estimate of drug-likeness (QED) is 0.0301. The van der Waals surface area contributed by atoms with Crippen molar-refractivity contribution in [3.8, 4) is 0 Å². The fourth-order valence-electron chi connectivity index (χ4n) is 11.3. The fraction of sp³-hybridized carbons (Fsp3) is 0.591. The number of hydrogen-bond donors (Lipinski definition) is 4. The number of fused-ring (bicyclic) bond motifs is 2. The Labute approximate surface area is 565 Å². The van der Waals surface area contributed by atoms with Gasteiger partial charge in [-0.15, -0.1) is 0 Å². The molecule has 0 aliphatic carbocycles. The highest BCUT2D eigenvalue weighted by atomic mass is 35.5. The predicted molar refractivity (Wildman–Crippen MR) is 361 cm³/mol. The monoisotopic (exact) mass is 1400 g/mol. The smallest absolute Gasteiger partial charge is 0.240 e. The van der Waals surface area contributed by atoms with Crippen LogP contribution in [0.25, 0.3) is 0 Å². The number of ether oxygens (including phenoxy) is 6. The zero-order valence-electron chi connectivity index (χ0n) is 53.5. The number of sulfonamides is 2. The summed E-state index contributed by atoms with van der Waals surface area (Å²) >= 11 is 25.9. The van der Waals surface area contributed by atoms with Gasteiger partial charge in [0, 0.05) is 110 Å². The number of hydrogen-bond acceptors (Lipinski definition) is 15. The second-order valence-corrected chi connectivity index (χ2v) is 28.7. The molecule has 0 saturated carbocycles. The third kappa shape index (κ3) is 26.9. The van der Waals surface area contributed by atoms with Gasteiger partial charge in [0.25, 0.3) is 0 Å². The molecule has 20 nitrogen and oxygen atoms in total. The fourth-order valence-corrected chi connectivity index (χ4v) is 14.6. The van der Waals surface area contributed by atoms with Crippen molar-refractivity contribution >= 4 is 84.2 Å². The zero-order chi connectivity index (χ0) is 66.3. The molecule has 0 bridgehead atoms. The topological polar surface area (TPSA) is 247 Å². The molecule has 512 valence electrons. The number of carbonyl (C=O) groups is 3. The van der Waals surface area contributed by atoms with Gasteiger partial charge in [0.1, 0.15) is 0 Å². The summed E-state index contributed by atoms with van der Waals surface area (Å²) in [5.41, 5.74) is 11.1. The number of primary amides is 1. The van der Waals surface area contributed by atoms with E-state index in [0.29, 0.717) is 65.5 Å². The Bertz CT molecular complexity index is 3000. The highest BCUT2D eigenvalue weighted by Gasteiger charge is 2.30. The Morgan fingerprint density at radius 1 is 0.554 bits per heavy atom. The number of halogens is 4. The largest absolute Gasteiger partial charge is 0.378 e. The van der Waals surface area contributed by atoms with E-state index in [4.69, 9.17) is 80.6 Å². The maximum absolute atomic E-state index is 13.8. The van der Waals surface area contributed by atoms with Gasteiger partial charge in [-0.2, -0.15) is 0 Å². The van der Waals surface area contributed by atoms with E-state index in [0.717, 1.165) is 59.1 Å². The lowest BCUT2D eigenvalue weighted by atomic mass is 9.85. The molecule has 3 atom stereocenters. The predicted octanol–water partition coefficient (Wildman–Crippen LogP) is 9.70. The molecule has 4 aromatic rings. The second kappa shape index (κ2) is 41.1. The van der Waals surface area contributed by atoms with Gasteiger partial charge < -0.3 is 54.2 Å². The van der Waals surface area contributed by atoms with Crippen molar-refractivity contribution in [3.05, 3.63) is 126 Å². The molecular weight excluding hydrogens is 1300 g/mol. The summed E-state index contributed by atoms with van der Waals surface area (Å²) in [4.78, 5) is 44.8. The first-order valence-electron chi connectivity index (χ1n) is 32.1. The highest BCUT2D eigenvalue weighted by Crippen LogP contribution is 2.40. The first kappa shape index (κ1) is 77.0. The number of benzene rings is 4. The van der Waals surface area contributed by atoms with E-state index in [9.17, 15) is 31.2 Å². The number of carbonyl (C=O) groups excluding carboxylic acids is 3. The molecule has 2 aliphatic heterocycles. The number of nitrogens with zero attached hydrogens (tertiary/aromatic N) is 3. The molecule has 3 amide bonds. The van der Waals surface area contributed by atoms with Crippen LogP contribution >= 0.6 is 46.4 Å². The molecule has 0 radical (unpaired) electrons. The highest BCUT2D eigenvalue weighted by molar-refractivity contribution is 7.89. The van der Waals surface area contributed by atoms with Crippen LogP contribution in [0.5, 0.6) is 0 Å². The lowest BCUT2D eigenvalue weighted by Crippen LogP contribution is -2.39. The summed E-state index contributed by atoms with van der Waals surface area (Å²) in [5.74, 6) is -0.992. The van der Waals surface area contributed by atoms with Crippen LogP contribution in [0.15, 0.2) is 82.6 Å². The summed E-state index contributed by atoms with van der Waals surface area (Å²) in [7, 11) is -3.68. The summed E-state index contributed by atoms with van der Waals surface area (Å²) in [5, 5.41) is 5.28. The van der Waals surface area contributed by atoms with Crippen molar-refractivity contribution in [3.63, 3.8) is 0 Å². The second-order valence-electron chi connectivity index (χ2n) is 23.4. The van der Waals surface area contributed by atoms with E-state index in [1.54, 1.807) is 53.4 Å². The van der Waals surface area contributed by atoms with Crippen LogP contribution in [-0.4, -0.2) is 188 Å². The minimum absolute atomic E-state index is 0.0573. The molecule has 6 rings (SSSR count). The van der Waals surface area contributed by atoms with Crippen molar-refractivity contribution in [1.82, 2.24) is 29.5 Å². The molecule has 0 spiro atoms. The Balaban J connectivity index is 0.875. The summed E-state index contributed by atoms with van der Waals surface area (Å²) in [6.45, 7) is 8.13. The number of rotatable bonds is 46. The van der Waals surface area contributed by atoms with Gasteiger partial charge in [0.2, 0.25) is 37.8 Å². The van der Waals surface area contributed by atoms with Crippen LogP contribution in [-0.2, 0) is 75.9 Å². The van der Waals surface area contributed by atoms with Crippen molar-refractivity contribution in [2.75, 3.05) is 133 Å². The molecule has 2 heterocycles. The summed E-state index contributed by atoms with van der Waals surface area (Å²) in [6.07, 6.45) is 10.1. The van der Waals surface area contributed by atoms with E-state index >= 15 is 0 Å². The first-order valence-corrected chi connectivity index (χ1v) is 36.6. The Morgan fingerprint density at radius 2 is 0.967 bits per heavy atom. The first-order chi connectivity index (χ1) is 44.2. The van der Waals surface area contributed by atoms with E-state index in [1.807, 2.05) is 38.4 Å². The van der Waals surface area contributed by atoms with Crippen molar-refractivity contribution in [1.29, 1.82) is 0 Å². The molecule has 0 aromatic heterocycles. The van der Waals surface area contributed by atoms with Crippen LogP contribution in [0, 0.1) is 0 Å². The number of likely N-dealkylation sites (N-methyl/N-ethyl adjacent to an activating group) is 2. The number of amides is 3. The third-order valence-corrected chi connectivity index (χ3v) is 20.2. The normalized spacial score (nSPS) is 15.7. The SMILES string of the molecule is CCCCCCCCCCC(=O)NC(CCC(N)=O)CCC(=O)N(CCOCCOCCOCCNS(=O)(=O)c1cccc([C@@H]2CN(C)Cc3c(Cl)cc(Cl)cc32)c1)CCOCCOCCOCCNS(=O)(=O)c1cccc([C@@H]2CN(C)Cc3c(Cl)cc(Cl)cc32)c1. The van der Waals surface area contributed by atoms with Crippen LogP contribution in [0.1, 0.15) is 136 Å². The van der Waals surface area contributed by atoms with Gasteiger partial charge in [-0.25, -0.2) is 26.3 Å². The molecule has 1 unspecified atom stereocenters. The van der Waals surface area contributed by atoms with E-state index in [1.165, 1.54) is 25.7 Å². The molecule has 0 saturated heterocycles. The third-order valence-electron chi connectivity index (χ3n) is 16.1. The van der Waals surface area contributed by atoms with E-state index < -0.39 is 32.0 Å². The van der Waals surface area contributed by atoms with E-state index in [2.05, 4.69) is 31.5 Å². The van der Waals surface area contributed by atoms with Crippen LogP contribution in [0.2, 0.25) is 20.1 Å². The Hall–Kier alpha value is -4.05. The van der Waals surface area contributed by atoms with Crippen molar-refractivity contribution < 1.29 is 59.6 Å². The minimum atomic E-state index is -3.84. The van der Waals surface area contributed by atoms with Crippen molar-refractivity contribution in [2.45, 2.75) is 131 Å². The van der Waals surface area contributed by atoms with Gasteiger partial charge in [-0.05, 0) is 115 Å². The van der Waals surface area contributed by atoms with Crippen LogP contribution in [0.4, 0.5) is 0 Å². The van der Waals surface area contributed by atoms with Crippen LogP contribution in [0.3, 0.4) is 0 Å². The molecular formula is C66H95Cl4N7O13S2. The molecule has 2 aliphatic rings. The lowest BCUT2D eigenvalue weighted by molar-refractivity contribution is -0.133. The average molecular weight is 1400 g/mol. The molecule has 26 heteroatoms. The molecule has 4 aromatic carbocycles. The molecule has 5 N–H and O–H groups in total. The van der Waals surface area contributed by atoms with Gasteiger partial charge in [0.15, 0.2) is 0 Å². The Kier molecular flexibility index (Phi) is 34.4. The van der Waals surface area contributed by atoms with Gasteiger partial charge in [-0.3, -0.25) is 14.4 Å². The van der Waals surface area contributed by atoms with Gasteiger partial charge in [-0.1, -0.05) is 123 Å². The summed E-state index contributed by atoms with van der Waals surface area (Å²) in [6, 6.07) is 20.7. The average Bonchev–Trinajstić information content (AvgIpc) is 0.801. The van der Waals surface area contributed by atoms with E-state index in [-0.39, 0.29) is 152 Å². The van der Waals surface area contributed by atoms with Crippen LogP contribution < -0.4 is 20.5 Å². The molecule has 0 fully saturated rings. The standard InChI is InChI=1S/C66H95Cl4N7O13S2/c1-4-5-6-7-8-9-10-11-18-65(79)74-53(19-21-64(71)78)20-22-66(80)77(25-29-87-33-37-89-35-31-85-27-23-72-91(81,82)54-16-12-14-49(39-54)58-45-75(2)47-60-56(58)41-51(67)43-62(60)69)26-30-88-34-38-90-36-32-86-28-24-73-92(83,84)55-17-13-15-50(40-55)59-46-76(3)48-61-57(59)42-52(68)44-63(61)70/h12-17,39-44,53,58-59,72-73H,4-11,18-38,45-48H2,1-3H3,(H2,71,78)(H,74,79)/t53?,58-,59-/m0/s1. The number of nitrogens with two attached hydrogens (primary N) is 1. The maximum Gasteiger partial charge on any atom is 0.240 e.